The molecule has 140 valence electrons. The van der Waals surface area contributed by atoms with Crippen molar-refractivity contribution in [2.24, 2.45) is 0 Å². The van der Waals surface area contributed by atoms with Crippen LogP contribution < -0.4 is 4.90 Å². The van der Waals surface area contributed by atoms with Crippen molar-refractivity contribution in [1.82, 2.24) is 4.57 Å². The van der Waals surface area contributed by atoms with Gasteiger partial charge >= 0.3 is 6.18 Å². The van der Waals surface area contributed by atoms with Gasteiger partial charge in [0.15, 0.2) is 6.23 Å². The number of alkyl halides is 3. The number of anilines is 1. The molecule has 2 aromatic carbocycles. The van der Waals surface area contributed by atoms with E-state index in [0.29, 0.717) is 12.3 Å². The fraction of sp³-hybridized carbons (Fsp3) is 0.238. The van der Waals surface area contributed by atoms with Crippen LogP contribution in [-0.2, 0) is 10.9 Å². The fourth-order valence-electron chi connectivity index (χ4n) is 3.36. The maximum atomic E-state index is 12.7. The second kappa shape index (κ2) is 6.78. The minimum Gasteiger partial charge on any atom is -0.352 e. The van der Waals surface area contributed by atoms with E-state index in [1.54, 1.807) is 0 Å². The lowest BCUT2D eigenvalue weighted by Gasteiger charge is -2.25. The summed E-state index contributed by atoms with van der Waals surface area (Å²) in [5.41, 5.74) is 3.27. The molecule has 1 aliphatic rings. The highest BCUT2D eigenvalue weighted by Crippen LogP contribution is 2.33. The molecule has 0 saturated carbocycles. The third-order valence-corrected chi connectivity index (χ3v) is 4.72. The number of aryl methyl sites for hydroxylation is 1. The Bertz CT molecular complexity index is 931. The minimum absolute atomic E-state index is 0.206. The Balaban J connectivity index is 1.58. The lowest BCUT2D eigenvalue weighted by atomic mass is 10.2. The van der Waals surface area contributed by atoms with E-state index in [4.69, 9.17) is 4.74 Å². The number of halogens is 3. The van der Waals surface area contributed by atoms with Crippen LogP contribution in [0.5, 0.6) is 0 Å². The van der Waals surface area contributed by atoms with E-state index < -0.39 is 11.7 Å². The van der Waals surface area contributed by atoms with E-state index in [9.17, 15) is 13.2 Å². The van der Waals surface area contributed by atoms with Crippen LogP contribution in [-0.4, -0.2) is 17.7 Å². The SMILES string of the molecule is Cc1cccc(N2CCO[C@H]2c2ccn(-c3ccc(C(F)(F)F)cc3)c2)c1. The number of rotatable bonds is 3. The van der Waals surface area contributed by atoms with E-state index in [-0.39, 0.29) is 6.23 Å². The summed E-state index contributed by atoms with van der Waals surface area (Å²) in [6.45, 7) is 3.47. The highest BCUT2D eigenvalue weighted by Gasteiger charge is 2.30. The predicted molar refractivity (Wildman–Crippen MR) is 98.0 cm³/mol. The molecule has 27 heavy (non-hydrogen) atoms. The van der Waals surface area contributed by atoms with Gasteiger partial charge in [-0.2, -0.15) is 13.2 Å². The largest absolute Gasteiger partial charge is 0.416 e. The zero-order valence-corrected chi connectivity index (χ0v) is 14.8. The first-order chi connectivity index (χ1) is 12.9. The molecule has 6 heteroatoms. The fourth-order valence-corrected chi connectivity index (χ4v) is 3.36. The summed E-state index contributed by atoms with van der Waals surface area (Å²) in [6, 6.07) is 15.3. The third-order valence-electron chi connectivity index (χ3n) is 4.72. The monoisotopic (exact) mass is 372 g/mol. The summed E-state index contributed by atoms with van der Waals surface area (Å²) in [6.07, 6.45) is -0.788. The molecule has 0 amide bonds. The molecule has 1 aliphatic heterocycles. The summed E-state index contributed by atoms with van der Waals surface area (Å²) >= 11 is 0. The average Bonchev–Trinajstić information content (AvgIpc) is 3.30. The molecule has 0 aliphatic carbocycles. The Hall–Kier alpha value is -2.73. The third kappa shape index (κ3) is 3.57. The minimum atomic E-state index is -4.33. The first kappa shape index (κ1) is 17.7. The molecule has 2 heterocycles. The Kier molecular flexibility index (Phi) is 4.44. The molecule has 0 bridgehead atoms. The van der Waals surface area contributed by atoms with Gasteiger partial charge in [-0.15, -0.1) is 0 Å². The van der Waals surface area contributed by atoms with E-state index in [1.807, 2.05) is 29.1 Å². The Labute approximate surface area is 155 Å². The van der Waals surface area contributed by atoms with Crippen molar-refractivity contribution in [2.75, 3.05) is 18.1 Å². The van der Waals surface area contributed by atoms with E-state index in [0.717, 1.165) is 29.9 Å². The molecule has 1 atom stereocenters. The van der Waals surface area contributed by atoms with Crippen LogP contribution in [0.4, 0.5) is 18.9 Å². The van der Waals surface area contributed by atoms with Crippen LogP contribution >= 0.6 is 0 Å². The van der Waals surface area contributed by atoms with Crippen molar-refractivity contribution in [1.29, 1.82) is 0 Å². The number of ether oxygens (including phenoxy) is 1. The highest BCUT2D eigenvalue weighted by molar-refractivity contribution is 5.51. The van der Waals surface area contributed by atoms with Crippen molar-refractivity contribution in [3.63, 3.8) is 0 Å². The Morgan fingerprint density at radius 2 is 1.78 bits per heavy atom. The lowest BCUT2D eigenvalue weighted by molar-refractivity contribution is -0.137. The summed E-state index contributed by atoms with van der Waals surface area (Å²) in [4.78, 5) is 2.19. The molecule has 1 fully saturated rings. The normalized spacial score (nSPS) is 17.5. The molecule has 4 rings (SSSR count). The molecule has 0 radical (unpaired) electrons. The van der Waals surface area contributed by atoms with Gasteiger partial charge in [0, 0.05) is 35.9 Å². The first-order valence-corrected chi connectivity index (χ1v) is 8.72. The van der Waals surface area contributed by atoms with Gasteiger partial charge in [0.2, 0.25) is 0 Å². The van der Waals surface area contributed by atoms with Gasteiger partial charge < -0.3 is 14.2 Å². The molecule has 0 N–H and O–H groups in total. The van der Waals surface area contributed by atoms with Crippen LogP contribution in [0.25, 0.3) is 5.69 Å². The Morgan fingerprint density at radius 1 is 1.00 bits per heavy atom. The quantitative estimate of drug-likeness (QED) is 0.617. The van der Waals surface area contributed by atoms with Crippen molar-refractivity contribution >= 4 is 5.69 Å². The number of hydrogen-bond acceptors (Lipinski definition) is 2. The molecule has 0 spiro atoms. The van der Waals surface area contributed by atoms with Crippen LogP contribution in [0.15, 0.2) is 67.0 Å². The predicted octanol–water partition coefficient (Wildman–Crippen LogP) is 5.34. The van der Waals surface area contributed by atoms with Crippen molar-refractivity contribution in [3.05, 3.63) is 83.7 Å². The molecular formula is C21H19F3N2O. The second-order valence-electron chi connectivity index (χ2n) is 6.65. The van der Waals surface area contributed by atoms with Gasteiger partial charge in [-0.25, -0.2) is 0 Å². The van der Waals surface area contributed by atoms with Gasteiger partial charge in [0.25, 0.3) is 0 Å². The van der Waals surface area contributed by atoms with Gasteiger partial charge in [0.05, 0.1) is 12.2 Å². The van der Waals surface area contributed by atoms with Gasteiger partial charge in [0.1, 0.15) is 0 Å². The van der Waals surface area contributed by atoms with E-state index >= 15 is 0 Å². The summed E-state index contributed by atoms with van der Waals surface area (Å²) < 4.78 is 45.9. The maximum Gasteiger partial charge on any atom is 0.416 e. The van der Waals surface area contributed by atoms with Crippen LogP contribution in [0.2, 0.25) is 0 Å². The zero-order chi connectivity index (χ0) is 19.0. The van der Waals surface area contributed by atoms with E-state index in [1.165, 1.54) is 17.7 Å². The smallest absolute Gasteiger partial charge is 0.352 e. The van der Waals surface area contributed by atoms with Gasteiger partial charge in [-0.1, -0.05) is 12.1 Å². The number of hydrogen-bond donors (Lipinski definition) is 0. The van der Waals surface area contributed by atoms with E-state index in [2.05, 4.69) is 30.0 Å². The number of benzene rings is 2. The standard InChI is InChI=1S/C21H19F3N2O/c1-15-3-2-4-19(13-15)26-11-12-27-20(26)16-9-10-25(14-16)18-7-5-17(6-8-18)21(22,23)24/h2-10,13-14,20H,11-12H2,1H3/t20-/m0/s1. The highest BCUT2D eigenvalue weighted by atomic mass is 19.4. The van der Waals surface area contributed by atoms with Crippen LogP contribution in [0, 0.1) is 6.92 Å². The molecule has 0 unspecified atom stereocenters. The topological polar surface area (TPSA) is 17.4 Å². The van der Waals surface area contributed by atoms with Crippen molar-refractivity contribution in [2.45, 2.75) is 19.3 Å². The Morgan fingerprint density at radius 3 is 2.48 bits per heavy atom. The maximum absolute atomic E-state index is 12.7. The summed E-state index contributed by atoms with van der Waals surface area (Å²) in [5.74, 6) is 0. The zero-order valence-electron chi connectivity index (χ0n) is 14.8. The van der Waals surface area contributed by atoms with Crippen LogP contribution in [0.3, 0.4) is 0 Å². The van der Waals surface area contributed by atoms with Gasteiger partial charge in [-0.05, 0) is 55.0 Å². The molecule has 1 aromatic heterocycles. The van der Waals surface area contributed by atoms with Crippen molar-refractivity contribution < 1.29 is 17.9 Å². The summed E-state index contributed by atoms with van der Waals surface area (Å²) in [7, 11) is 0. The van der Waals surface area contributed by atoms with Crippen LogP contribution in [0.1, 0.15) is 22.9 Å². The first-order valence-electron chi connectivity index (χ1n) is 8.72. The van der Waals surface area contributed by atoms with Gasteiger partial charge in [-0.3, -0.25) is 0 Å². The average molecular weight is 372 g/mol. The number of nitrogens with zero attached hydrogens (tertiary/aromatic N) is 2. The second-order valence-corrected chi connectivity index (χ2v) is 6.65. The molecule has 3 nitrogen and oxygen atoms in total. The molecule has 3 aromatic rings. The molecular weight excluding hydrogens is 353 g/mol. The molecule has 1 saturated heterocycles. The summed E-state index contributed by atoms with van der Waals surface area (Å²) in [5, 5.41) is 0. The lowest BCUT2D eigenvalue weighted by Crippen LogP contribution is -2.23. The number of aromatic nitrogens is 1. The van der Waals surface area contributed by atoms with Crippen molar-refractivity contribution in [3.8, 4) is 5.69 Å².